The van der Waals surface area contributed by atoms with Gasteiger partial charge in [-0.1, -0.05) is 0 Å². The van der Waals surface area contributed by atoms with Gasteiger partial charge in [0.1, 0.15) is 28.9 Å². The molecule has 164 valence electrons. The van der Waals surface area contributed by atoms with Gasteiger partial charge in [0, 0.05) is 23.9 Å². The van der Waals surface area contributed by atoms with Gasteiger partial charge in [0.05, 0.1) is 17.8 Å². The van der Waals surface area contributed by atoms with Crippen molar-refractivity contribution in [1.29, 1.82) is 0 Å². The molecule has 0 spiro atoms. The van der Waals surface area contributed by atoms with Gasteiger partial charge in [-0.05, 0) is 49.4 Å². The number of aryl methyl sites for hydroxylation is 1. The Labute approximate surface area is 183 Å². The van der Waals surface area contributed by atoms with Crippen LogP contribution in [0, 0.1) is 5.92 Å². The molecule has 1 aliphatic carbocycles. The second kappa shape index (κ2) is 7.15. The Balaban J connectivity index is 1.44. The highest BCUT2D eigenvalue weighted by Gasteiger charge is 2.35. The summed E-state index contributed by atoms with van der Waals surface area (Å²) in [6, 6.07) is 9.16. The van der Waals surface area contributed by atoms with E-state index >= 15 is 0 Å². The molecule has 1 saturated carbocycles. The summed E-state index contributed by atoms with van der Waals surface area (Å²) in [4.78, 5) is 28.6. The summed E-state index contributed by atoms with van der Waals surface area (Å²) in [5.74, 6) is 1.93. The minimum absolute atomic E-state index is 0.0223. The predicted molar refractivity (Wildman–Crippen MR) is 119 cm³/mol. The number of fused-ring (bicyclic) bond motifs is 1. The number of primary amides is 1. The molecule has 4 N–H and O–H groups in total. The van der Waals surface area contributed by atoms with Gasteiger partial charge in [-0.15, -0.1) is 0 Å². The molecule has 0 bridgehead atoms. The maximum absolute atomic E-state index is 11.9. The molecular formula is C23H23N5O4. The molecule has 2 aliphatic heterocycles. The molecule has 9 nitrogen and oxygen atoms in total. The minimum Gasteiger partial charge on any atom is -0.491 e. The van der Waals surface area contributed by atoms with Gasteiger partial charge in [-0.3, -0.25) is 9.59 Å². The molecule has 0 unspecified atom stereocenters. The molecule has 0 saturated heterocycles. The largest absolute Gasteiger partial charge is 0.491 e. The highest BCUT2D eigenvalue weighted by atomic mass is 16.5. The number of rotatable bonds is 5. The maximum Gasteiger partial charge on any atom is 0.262 e. The molecule has 3 heterocycles. The van der Waals surface area contributed by atoms with Gasteiger partial charge in [0.25, 0.3) is 5.91 Å². The number of nitrogens with one attached hydrogen (secondary N) is 2. The second-order valence-electron chi connectivity index (χ2n) is 8.54. The highest BCUT2D eigenvalue weighted by molar-refractivity contribution is 5.96. The smallest absolute Gasteiger partial charge is 0.262 e. The summed E-state index contributed by atoms with van der Waals surface area (Å²) in [6.07, 6.45) is 2.85. The number of aromatic nitrogens is 2. The number of imidazole rings is 1. The van der Waals surface area contributed by atoms with Crippen LogP contribution < -0.4 is 25.8 Å². The quantitative estimate of drug-likeness (QED) is 0.569. The van der Waals surface area contributed by atoms with Crippen molar-refractivity contribution in [1.82, 2.24) is 9.55 Å². The van der Waals surface area contributed by atoms with Crippen molar-refractivity contribution >= 4 is 34.2 Å². The van der Waals surface area contributed by atoms with Gasteiger partial charge in [-0.25, -0.2) is 4.98 Å². The number of hydrogen-bond acceptors (Lipinski definition) is 6. The fourth-order valence-electron chi connectivity index (χ4n) is 4.52. The molecule has 2 amide bonds. The number of benzene rings is 2. The van der Waals surface area contributed by atoms with Crippen LogP contribution in [-0.2, 0) is 16.1 Å². The fourth-order valence-corrected chi connectivity index (χ4v) is 4.52. The third kappa shape index (κ3) is 3.21. The van der Waals surface area contributed by atoms with E-state index in [1.165, 1.54) is 0 Å². The topological polar surface area (TPSA) is 121 Å². The van der Waals surface area contributed by atoms with E-state index in [-0.39, 0.29) is 24.3 Å². The monoisotopic (exact) mass is 433 g/mol. The number of ether oxygens (including phenoxy) is 2. The maximum atomic E-state index is 11.9. The summed E-state index contributed by atoms with van der Waals surface area (Å²) < 4.78 is 13.7. The van der Waals surface area contributed by atoms with Crippen LogP contribution in [0.5, 0.6) is 11.5 Å². The Hall–Kier alpha value is -3.75. The van der Waals surface area contributed by atoms with Crippen LogP contribution in [0.1, 0.15) is 19.3 Å². The Bertz CT molecular complexity index is 1260. The van der Waals surface area contributed by atoms with Crippen LogP contribution in [0.2, 0.25) is 0 Å². The molecule has 1 atom stereocenters. The van der Waals surface area contributed by atoms with Gasteiger partial charge in [-0.2, -0.15) is 0 Å². The molecule has 1 fully saturated rings. The Kier molecular flexibility index (Phi) is 4.24. The number of carbonyl (C=O) groups is 2. The number of amides is 2. The fraction of sp³-hybridized carbons (Fsp3) is 0.348. The third-order valence-corrected chi connectivity index (χ3v) is 6.18. The first kappa shape index (κ1) is 19.0. The number of anilines is 2. The lowest BCUT2D eigenvalue weighted by Crippen LogP contribution is -2.37. The average Bonchev–Trinajstić information content (AvgIpc) is 3.57. The van der Waals surface area contributed by atoms with Crippen molar-refractivity contribution in [3.63, 3.8) is 0 Å². The van der Waals surface area contributed by atoms with Gasteiger partial charge in [0.15, 0.2) is 6.61 Å². The first-order valence-corrected chi connectivity index (χ1v) is 10.9. The minimum atomic E-state index is -0.392. The molecule has 0 radical (unpaired) electrons. The molecule has 3 aliphatic rings. The van der Waals surface area contributed by atoms with Crippen LogP contribution in [0.3, 0.4) is 0 Å². The lowest BCUT2D eigenvalue weighted by molar-refractivity contribution is -0.119. The normalized spacial score (nSPS) is 18.1. The Morgan fingerprint density at radius 2 is 2.09 bits per heavy atom. The van der Waals surface area contributed by atoms with Crippen molar-refractivity contribution in [2.24, 2.45) is 11.7 Å². The van der Waals surface area contributed by atoms with Crippen LogP contribution in [0.15, 0.2) is 30.3 Å². The summed E-state index contributed by atoms with van der Waals surface area (Å²) >= 11 is 0. The zero-order valence-corrected chi connectivity index (χ0v) is 17.4. The van der Waals surface area contributed by atoms with E-state index in [1.807, 2.05) is 30.3 Å². The van der Waals surface area contributed by atoms with E-state index in [1.54, 1.807) is 0 Å². The van der Waals surface area contributed by atoms with Crippen molar-refractivity contribution in [2.75, 3.05) is 23.8 Å². The van der Waals surface area contributed by atoms with Crippen molar-refractivity contribution in [2.45, 2.75) is 31.8 Å². The molecule has 9 heteroatoms. The van der Waals surface area contributed by atoms with Crippen LogP contribution in [0.4, 0.5) is 11.4 Å². The number of carbonyl (C=O) groups excluding carboxylic acids is 2. The summed E-state index contributed by atoms with van der Waals surface area (Å²) in [6.45, 7) is 1.38. The number of hydrogen-bond donors (Lipinski definition) is 3. The highest BCUT2D eigenvalue weighted by Crippen LogP contribution is 2.39. The van der Waals surface area contributed by atoms with Gasteiger partial charge in [0.2, 0.25) is 5.91 Å². The SMILES string of the molecule is NC(=O)[C@@H](Nc1cc2c3c(c1)nc(-c1ccc4c(c1)NC(=O)CO4)n3CCCO2)C1CC1. The van der Waals surface area contributed by atoms with E-state index in [4.69, 9.17) is 20.2 Å². The van der Waals surface area contributed by atoms with Crippen LogP contribution in [-0.4, -0.2) is 40.6 Å². The van der Waals surface area contributed by atoms with E-state index in [2.05, 4.69) is 15.2 Å². The zero-order valence-electron chi connectivity index (χ0n) is 17.4. The Morgan fingerprint density at radius 1 is 1.22 bits per heavy atom. The van der Waals surface area contributed by atoms with Crippen molar-refractivity contribution < 1.29 is 19.1 Å². The van der Waals surface area contributed by atoms with Crippen molar-refractivity contribution in [3.05, 3.63) is 30.3 Å². The van der Waals surface area contributed by atoms with E-state index in [0.717, 1.165) is 59.7 Å². The van der Waals surface area contributed by atoms with E-state index in [0.29, 0.717) is 18.0 Å². The van der Waals surface area contributed by atoms with Crippen molar-refractivity contribution in [3.8, 4) is 22.9 Å². The zero-order chi connectivity index (χ0) is 21.8. The molecule has 1 aromatic heterocycles. The molecule has 2 aromatic carbocycles. The van der Waals surface area contributed by atoms with E-state index in [9.17, 15) is 9.59 Å². The summed E-state index contributed by atoms with van der Waals surface area (Å²) in [5.41, 5.74) is 9.60. The standard InChI is InChI=1S/C23H23N5O4/c24-22(30)20(12-2-3-12)25-14-9-16-21-18(10-14)31-7-1-6-28(21)23(27-16)13-4-5-17-15(8-13)26-19(29)11-32-17/h4-5,8-10,12,20,25H,1-3,6-7,11H2,(H2,24,30)(H,26,29)/t20-/m0/s1. The average molecular weight is 433 g/mol. The summed E-state index contributed by atoms with van der Waals surface area (Å²) in [5, 5.41) is 6.16. The molecular weight excluding hydrogens is 410 g/mol. The van der Waals surface area contributed by atoms with Gasteiger partial charge < -0.3 is 30.4 Å². The van der Waals surface area contributed by atoms with Crippen LogP contribution in [0.25, 0.3) is 22.4 Å². The molecule has 3 aromatic rings. The van der Waals surface area contributed by atoms with E-state index < -0.39 is 6.04 Å². The predicted octanol–water partition coefficient (Wildman–Crippen LogP) is 2.49. The lowest BCUT2D eigenvalue weighted by Gasteiger charge is -2.18. The summed E-state index contributed by atoms with van der Waals surface area (Å²) in [7, 11) is 0. The number of nitrogens with zero attached hydrogens (tertiary/aromatic N) is 2. The van der Waals surface area contributed by atoms with Gasteiger partial charge >= 0.3 is 0 Å². The Morgan fingerprint density at radius 3 is 2.91 bits per heavy atom. The number of nitrogens with two attached hydrogens (primary N) is 1. The molecule has 32 heavy (non-hydrogen) atoms. The lowest BCUT2D eigenvalue weighted by atomic mass is 10.1. The van der Waals surface area contributed by atoms with Crippen LogP contribution >= 0.6 is 0 Å². The third-order valence-electron chi connectivity index (χ3n) is 6.18. The first-order chi connectivity index (χ1) is 15.6. The molecule has 6 rings (SSSR count). The second-order valence-corrected chi connectivity index (χ2v) is 8.54. The first-order valence-electron chi connectivity index (χ1n) is 10.9.